The fourth-order valence-electron chi connectivity index (χ4n) is 2.08. The maximum atomic E-state index is 12.5. The molecule has 0 atom stereocenters. The highest BCUT2D eigenvalue weighted by Gasteiger charge is 2.28. The van der Waals surface area contributed by atoms with Crippen molar-refractivity contribution < 1.29 is 21.7 Å². The van der Waals surface area contributed by atoms with Crippen molar-refractivity contribution in [2.75, 3.05) is 6.26 Å². The molecule has 0 unspecified atom stereocenters. The molecule has 0 amide bonds. The molecule has 0 aromatic heterocycles. The molecule has 1 N–H and O–H groups in total. The first-order chi connectivity index (χ1) is 11.0. The second-order valence-corrected chi connectivity index (χ2v) is 9.38. The van der Waals surface area contributed by atoms with Gasteiger partial charge in [0.05, 0.1) is 4.90 Å². The van der Waals surface area contributed by atoms with Crippen molar-refractivity contribution in [1.82, 2.24) is 4.89 Å². The van der Waals surface area contributed by atoms with Gasteiger partial charge in [0, 0.05) is 6.26 Å². The lowest BCUT2D eigenvalue weighted by Gasteiger charge is -2.25. The van der Waals surface area contributed by atoms with Crippen LogP contribution in [0.1, 0.15) is 19.4 Å². The van der Waals surface area contributed by atoms with E-state index in [2.05, 4.69) is 0 Å². The first-order valence-corrected chi connectivity index (χ1v) is 10.5. The molecular formula is C16H19NO5S2. The third-order valence-electron chi connectivity index (χ3n) is 3.41. The van der Waals surface area contributed by atoms with E-state index in [0.29, 0.717) is 0 Å². The van der Waals surface area contributed by atoms with E-state index in [1.54, 1.807) is 26.0 Å². The molecule has 0 saturated heterocycles. The predicted molar refractivity (Wildman–Crippen MR) is 90.4 cm³/mol. The smallest absolute Gasteiger partial charge is 0.263 e. The van der Waals surface area contributed by atoms with E-state index in [9.17, 15) is 16.8 Å². The van der Waals surface area contributed by atoms with Gasteiger partial charge >= 0.3 is 0 Å². The van der Waals surface area contributed by atoms with Crippen LogP contribution in [0.4, 0.5) is 0 Å². The van der Waals surface area contributed by atoms with Crippen LogP contribution in [0.5, 0.6) is 0 Å². The Morgan fingerprint density at radius 1 is 0.833 bits per heavy atom. The summed E-state index contributed by atoms with van der Waals surface area (Å²) in [5.74, 6) is 0. The molecule has 24 heavy (non-hydrogen) atoms. The number of sulfone groups is 1. The van der Waals surface area contributed by atoms with Gasteiger partial charge in [-0.15, -0.1) is 0 Å². The summed E-state index contributed by atoms with van der Waals surface area (Å²) in [7, 11) is -7.86. The summed E-state index contributed by atoms with van der Waals surface area (Å²) in [6.07, 6.45) is 0.954. The summed E-state index contributed by atoms with van der Waals surface area (Å²) in [5.41, 5.74) is -0.168. The van der Waals surface area contributed by atoms with Gasteiger partial charge in [-0.2, -0.15) is 0 Å². The highest BCUT2D eigenvalue weighted by atomic mass is 32.2. The van der Waals surface area contributed by atoms with Gasteiger partial charge in [0.15, 0.2) is 9.84 Å². The monoisotopic (exact) mass is 369 g/mol. The Bertz CT molecular complexity index is 920. The lowest BCUT2D eigenvalue weighted by atomic mass is 9.99. The van der Waals surface area contributed by atoms with Crippen LogP contribution in [-0.2, 0) is 30.3 Å². The largest absolute Gasteiger partial charge is 0.276 e. The Kier molecular flexibility index (Phi) is 5.14. The average Bonchev–Trinajstić information content (AvgIpc) is 2.53. The molecule has 0 aliphatic heterocycles. The minimum Gasteiger partial charge on any atom is -0.276 e. The molecule has 0 heterocycles. The topological polar surface area (TPSA) is 89.5 Å². The number of hydrogen-bond donors (Lipinski definition) is 1. The van der Waals surface area contributed by atoms with Gasteiger partial charge in [0.25, 0.3) is 10.0 Å². The van der Waals surface area contributed by atoms with Crippen molar-refractivity contribution in [1.29, 1.82) is 0 Å². The first-order valence-electron chi connectivity index (χ1n) is 7.08. The molecule has 0 fully saturated rings. The Hall–Kier alpha value is -1.74. The summed E-state index contributed by atoms with van der Waals surface area (Å²) in [6, 6.07) is 14.4. The molecule has 0 aliphatic carbocycles. The molecule has 0 aliphatic rings. The number of rotatable bonds is 6. The molecule has 0 spiro atoms. The highest BCUT2D eigenvalue weighted by molar-refractivity contribution is 7.93. The molecule has 8 heteroatoms. The van der Waals surface area contributed by atoms with Gasteiger partial charge in [-0.1, -0.05) is 47.3 Å². The van der Waals surface area contributed by atoms with E-state index in [1.165, 1.54) is 24.3 Å². The lowest BCUT2D eigenvalue weighted by molar-refractivity contribution is -0.0540. The molecular weight excluding hydrogens is 350 g/mol. The zero-order valence-corrected chi connectivity index (χ0v) is 15.2. The minimum absolute atomic E-state index is 0.279. The number of hydrogen-bond acceptors (Lipinski definition) is 5. The van der Waals surface area contributed by atoms with Gasteiger partial charge in [-0.3, -0.25) is 4.84 Å². The van der Waals surface area contributed by atoms with Crippen molar-refractivity contribution in [3.05, 3.63) is 60.2 Å². The highest BCUT2D eigenvalue weighted by Crippen LogP contribution is 2.25. The quantitative estimate of drug-likeness (QED) is 0.789. The van der Waals surface area contributed by atoms with Gasteiger partial charge in [-0.05, 0) is 31.5 Å². The Labute approximate surface area is 142 Å². The fraction of sp³-hybridized carbons (Fsp3) is 0.250. The van der Waals surface area contributed by atoms with Crippen LogP contribution in [0.15, 0.2) is 64.4 Å². The Balaban J connectivity index is 2.31. The van der Waals surface area contributed by atoms with Crippen LogP contribution in [0.3, 0.4) is 0 Å². The summed E-state index contributed by atoms with van der Waals surface area (Å²) < 4.78 is 48.5. The summed E-state index contributed by atoms with van der Waals surface area (Å²) >= 11 is 0. The standard InChI is InChI=1S/C16H19NO5S2/c1-16(2,13-9-5-4-6-10-13)22-17-24(20,21)15-12-8-7-11-14(15)23(3,18)19/h4-12,17H,1-3H3. The SMILES string of the molecule is CC(C)(ONS(=O)(=O)c1ccccc1S(C)(=O)=O)c1ccccc1. The maximum Gasteiger partial charge on any atom is 0.263 e. The van der Waals surface area contributed by atoms with Gasteiger partial charge in [0.2, 0.25) is 0 Å². The third kappa shape index (κ3) is 4.21. The molecule has 6 nitrogen and oxygen atoms in total. The zero-order valence-electron chi connectivity index (χ0n) is 13.6. The summed E-state index contributed by atoms with van der Waals surface area (Å²) in [6.45, 7) is 3.40. The molecule has 2 aromatic rings. The van der Waals surface area contributed by atoms with Gasteiger partial charge in [-0.25, -0.2) is 16.8 Å². The van der Waals surface area contributed by atoms with E-state index in [4.69, 9.17) is 4.84 Å². The van der Waals surface area contributed by atoms with Crippen LogP contribution >= 0.6 is 0 Å². The van der Waals surface area contributed by atoms with Gasteiger partial charge in [0.1, 0.15) is 10.5 Å². The maximum absolute atomic E-state index is 12.5. The summed E-state index contributed by atoms with van der Waals surface area (Å²) in [4.78, 5) is 6.77. The van der Waals surface area contributed by atoms with Crippen LogP contribution in [0.2, 0.25) is 0 Å². The average molecular weight is 369 g/mol. The molecule has 0 bridgehead atoms. The van der Waals surface area contributed by atoms with Crippen molar-refractivity contribution >= 4 is 19.9 Å². The molecule has 0 radical (unpaired) electrons. The zero-order chi connectivity index (χ0) is 18.0. The normalized spacial score (nSPS) is 13.0. The van der Waals surface area contributed by atoms with Crippen LogP contribution in [0, 0.1) is 0 Å². The lowest BCUT2D eigenvalue weighted by Crippen LogP contribution is -2.34. The summed E-state index contributed by atoms with van der Waals surface area (Å²) in [5, 5.41) is 0. The number of benzene rings is 2. The van der Waals surface area contributed by atoms with E-state index in [0.717, 1.165) is 11.8 Å². The van der Waals surface area contributed by atoms with E-state index in [-0.39, 0.29) is 9.79 Å². The van der Waals surface area contributed by atoms with Crippen molar-refractivity contribution in [2.45, 2.75) is 29.2 Å². The van der Waals surface area contributed by atoms with E-state index >= 15 is 0 Å². The second kappa shape index (κ2) is 6.64. The van der Waals surface area contributed by atoms with E-state index in [1.807, 2.05) is 23.1 Å². The van der Waals surface area contributed by atoms with Crippen molar-refractivity contribution in [3.8, 4) is 0 Å². The second-order valence-electron chi connectivity index (χ2n) is 5.78. The van der Waals surface area contributed by atoms with Crippen LogP contribution < -0.4 is 4.89 Å². The van der Waals surface area contributed by atoms with Crippen LogP contribution in [0.25, 0.3) is 0 Å². The molecule has 2 aromatic carbocycles. The van der Waals surface area contributed by atoms with Crippen LogP contribution in [-0.4, -0.2) is 23.1 Å². The number of sulfonamides is 1. The fourth-order valence-corrected chi connectivity index (χ4v) is 4.62. The molecule has 0 saturated carbocycles. The third-order valence-corrected chi connectivity index (χ3v) is 5.94. The Morgan fingerprint density at radius 3 is 1.88 bits per heavy atom. The number of nitrogens with one attached hydrogen (secondary N) is 1. The van der Waals surface area contributed by atoms with Crippen molar-refractivity contribution in [2.24, 2.45) is 0 Å². The van der Waals surface area contributed by atoms with Gasteiger partial charge < -0.3 is 0 Å². The Morgan fingerprint density at radius 2 is 1.33 bits per heavy atom. The van der Waals surface area contributed by atoms with Crippen molar-refractivity contribution in [3.63, 3.8) is 0 Å². The predicted octanol–water partition coefficient (Wildman–Crippen LogP) is 2.24. The minimum atomic E-state index is -4.17. The van der Waals surface area contributed by atoms with E-state index < -0.39 is 25.5 Å². The molecule has 2 rings (SSSR count). The molecule has 130 valence electrons. The first kappa shape index (κ1) is 18.6.